The molecule has 2 amide bonds. The first-order chi connectivity index (χ1) is 10.6. The van der Waals surface area contributed by atoms with Gasteiger partial charge in [-0.05, 0) is 23.6 Å². The number of carbonyl (C=O) groups excluding carboxylic acids is 1. The van der Waals surface area contributed by atoms with Gasteiger partial charge in [-0.25, -0.2) is 13.6 Å². The number of nitrogens with zero attached hydrogens (tertiary/aromatic N) is 1. The van der Waals surface area contributed by atoms with Crippen LogP contribution in [0, 0.1) is 11.6 Å². The Kier molecular flexibility index (Phi) is 4.54. The smallest absolute Gasteiger partial charge is 0.317 e. The highest BCUT2D eigenvalue weighted by Gasteiger charge is 2.24. The van der Waals surface area contributed by atoms with E-state index in [2.05, 4.69) is 5.32 Å². The van der Waals surface area contributed by atoms with Gasteiger partial charge in [-0.1, -0.05) is 0 Å². The maximum atomic E-state index is 13.7. The number of amides is 2. The zero-order valence-corrected chi connectivity index (χ0v) is 12.1. The number of hydrogen-bond acceptors (Lipinski definition) is 3. The van der Waals surface area contributed by atoms with Crippen LogP contribution in [0.4, 0.5) is 13.6 Å². The fourth-order valence-corrected chi connectivity index (χ4v) is 2.75. The van der Waals surface area contributed by atoms with Crippen LogP contribution in [0.1, 0.15) is 11.1 Å². The second-order valence-electron chi connectivity index (χ2n) is 5.45. The highest BCUT2D eigenvalue weighted by Crippen LogP contribution is 2.23. The number of carbonyl (C=O) groups is 1. The minimum atomic E-state index is -0.619. The lowest BCUT2D eigenvalue weighted by Crippen LogP contribution is -2.47. The Bertz CT molecular complexity index is 562. The molecule has 0 bridgehead atoms. The van der Waals surface area contributed by atoms with Gasteiger partial charge in [0, 0.05) is 25.7 Å². The summed E-state index contributed by atoms with van der Waals surface area (Å²) in [5.41, 5.74) is 1.02. The van der Waals surface area contributed by atoms with Crippen molar-refractivity contribution in [2.45, 2.75) is 19.1 Å². The molecule has 1 N–H and O–H groups in total. The number of rotatable bonds is 2. The van der Waals surface area contributed by atoms with Gasteiger partial charge in [0.15, 0.2) is 0 Å². The summed E-state index contributed by atoms with van der Waals surface area (Å²) in [6.07, 6.45) is 0.238. The molecular weight excluding hydrogens is 294 g/mol. The van der Waals surface area contributed by atoms with Gasteiger partial charge in [-0.3, -0.25) is 0 Å². The van der Waals surface area contributed by atoms with Crippen molar-refractivity contribution in [1.29, 1.82) is 0 Å². The average Bonchev–Trinajstić information content (AvgIpc) is 2.53. The highest BCUT2D eigenvalue weighted by molar-refractivity contribution is 5.74. The third kappa shape index (κ3) is 3.36. The number of fused-ring (bicyclic) bond motifs is 1. The van der Waals surface area contributed by atoms with Crippen LogP contribution in [0.2, 0.25) is 0 Å². The van der Waals surface area contributed by atoms with Gasteiger partial charge in [0.05, 0.1) is 25.9 Å². The summed E-state index contributed by atoms with van der Waals surface area (Å²) >= 11 is 0. The molecule has 22 heavy (non-hydrogen) atoms. The van der Waals surface area contributed by atoms with Crippen LogP contribution in [0.3, 0.4) is 0 Å². The normalized spacial score (nSPS) is 21.4. The summed E-state index contributed by atoms with van der Waals surface area (Å²) in [5.74, 6) is -1.16. The number of urea groups is 1. The summed E-state index contributed by atoms with van der Waals surface area (Å²) in [4.78, 5) is 13.7. The Morgan fingerprint density at radius 3 is 3.00 bits per heavy atom. The van der Waals surface area contributed by atoms with E-state index in [1.54, 1.807) is 4.90 Å². The van der Waals surface area contributed by atoms with Crippen molar-refractivity contribution in [3.05, 3.63) is 34.9 Å². The molecule has 1 saturated heterocycles. The molecule has 0 aromatic heterocycles. The molecule has 2 aliphatic heterocycles. The van der Waals surface area contributed by atoms with Crippen LogP contribution in [-0.2, 0) is 22.4 Å². The molecule has 3 rings (SSSR count). The highest BCUT2D eigenvalue weighted by atomic mass is 19.1. The van der Waals surface area contributed by atoms with Crippen LogP contribution in [0.15, 0.2) is 12.1 Å². The molecule has 0 unspecified atom stereocenters. The first-order valence-corrected chi connectivity index (χ1v) is 7.32. The van der Waals surface area contributed by atoms with Gasteiger partial charge in [-0.15, -0.1) is 0 Å². The minimum Gasteiger partial charge on any atom is -0.376 e. The van der Waals surface area contributed by atoms with Crippen molar-refractivity contribution in [2.24, 2.45) is 0 Å². The largest absolute Gasteiger partial charge is 0.376 e. The minimum absolute atomic E-state index is 0.148. The first kappa shape index (κ1) is 15.2. The van der Waals surface area contributed by atoms with Gasteiger partial charge in [0.1, 0.15) is 11.6 Å². The molecule has 7 heteroatoms. The van der Waals surface area contributed by atoms with E-state index in [9.17, 15) is 13.6 Å². The van der Waals surface area contributed by atoms with E-state index in [0.29, 0.717) is 50.5 Å². The van der Waals surface area contributed by atoms with Crippen LogP contribution >= 0.6 is 0 Å². The van der Waals surface area contributed by atoms with Gasteiger partial charge < -0.3 is 19.7 Å². The maximum Gasteiger partial charge on any atom is 0.317 e. The van der Waals surface area contributed by atoms with E-state index in [-0.39, 0.29) is 18.7 Å². The van der Waals surface area contributed by atoms with E-state index in [4.69, 9.17) is 9.47 Å². The van der Waals surface area contributed by atoms with E-state index in [1.165, 1.54) is 6.07 Å². The van der Waals surface area contributed by atoms with Crippen molar-refractivity contribution >= 4 is 6.03 Å². The zero-order valence-electron chi connectivity index (χ0n) is 12.1. The van der Waals surface area contributed by atoms with E-state index in [0.717, 1.165) is 6.07 Å². The van der Waals surface area contributed by atoms with Crippen LogP contribution in [0.25, 0.3) is 0 Å². The summed E-state index contributed by atoms with van der Waals surface area (Å²) in [6.45, 7) is 2.53. The quantitative estimate of drug-likeness (QED) is 0.899. The average molecular weight is 312 g/mol. The van der Waals surface area contributed by atoms with E-state index < -0.39 is 11.6 Å². The van der Waals surface area contributed by atoms with Gasteiger partial charge in [0.25, 0.3) is 0 Å². The van der Waals surface area contributed by atoms with Crippen molar-refractivity contribution in [3.8, 4) is 0 Å². The van der Waals surface area contributed by atoms with E-state index >= 15 is 0 Å². The molecule has 0 saturated carbocycles. The first-order valence-electron chi connectivity index (χ1n) is 7.32. The molecule has 120 valence electrons. The molecule has 1 fully saturated rings. The van der Waals surface area contributed by atoms with Gasteiger partial charge >= 0.3 is 6.03 Å². The van der Waals surface area contributed by atoms with Gasteiger partial charge in [-0.2, -0.15) is 0 Å². The maximum absolute atomic E-state index is 13.7. The Labute approximate surface area is 127 Å². The number of benzene rings is 1. The van der Waals surface area contributed by atoms with Crippen molar-refractivity contribution in [1.82, 2.24) is 10.2 Å². The SMILES string of the molecule is O=C(NC[C@H]1COCCO1)N1CCc2c(F)cc(F)cc2C1. The molecule has 5 nitrogen and oxygen atoms in total. The predicted octanol–water partition coefficient (Wildman–Crippen LogP) is 1.45. The van der Waals surface area contributed by atoms with Crippen LogP contribution in [-0.4, -0.2) is 49.9 Å². The fourth-order valence-electron chi connectivity index (χ4n) is 2.75. The summed E-state index contributed by atoms with van der Waals surface area (Å²) < 4.78 is 37.7. The predicted molar refractivity (Wildman–Crippen MR) is 74.4 cm³/mol. The Morgan fingerprint density at radius 1 is 1.36 bits per heavy atom. The lowest BCUT2D eigenvalue weighted by Gasteiger charge is -2.30. The zero-order chi connectivity index (χ0) is 15.5. The molecule has 0 aliphatic carbocycles. The van der Waals surface area contributed by atoms with Crippen LogP contribution in [0.5, 0.6) is 0 Å². The number of ether oxygens (including phenoxy) is 2. The number of nitrogens with one attached hydrogen (secondary N) is 1. The lowest BCUT2D eigenvalue weighted by molar-refractivity contribution is -0.0856. The molecule has 2 heterocycles. The second kappa shape index (κ2) is 6.58. The Morgan fingerprint density at radius 2 is 2.23 bits per heavy atom. The van der Waals surface area contributed by atoms with Crippen molar-refractivity contribution < 1.29 is 23.0 Å². The molecule has 1 atom stereocenters. The van der Waals surface area contributed by atoms with Gasteiger partial charge in [0.2, 0.25) is 0 Å². The second-order valence-corrected chi connectivity index (χ2v) is 5.45. The molecule has 0 radical (unpaired) electrons. The molecule has 1 aromatic carbocycles. The summed E-state index contributed by atoms with van der Waals surface area (Å²) in [6, 6.07) is 1.91. The third-order valence-electron chi connectivity index (χ3n) is 3.90. The molecule has 0 spiro atoms. The standard InChI is InChI=1S/C15H18F2N2O3/c16-11-5-10-8-19(2-1-13(10)14(17)6-11)15(20)18-7-12-9-21-3-4-22-12/h5-6,12H,1-4,7-9H2,(H,18,20)/t12-/m0/s1. The monoisotopic (exact) mass is 312 g/mol. The van der Waals surface area contributed by atoms with Crippen molar-refractivity contribution in [2.75, 3.05) is 32.9 Å². The topological polar surface area (TPSA) is 50.8 Å². The summed E-state index contributed by atoms with van der Waals surface area (Å²) in [7, 11) is 0. The summed E-state index contributed by atoms with van der Waals surface area (Å²) in [5, 5.41) is 2.78. The van der Waals surface area contributed by atoms with Crippen molar-refractivity contribution in [3.63, 3.8) is 0 Å². The number of halogens is 2. The molecule has 2 aliphatic rings. The molecular formula is C15H18F2N2O3. The number of hydrogen-bond donors (Lipinski definition) is 1. The molecule has 1 aromatic rings. The van der Waals surface area contributed by atoms with E-state index in [1.807, 2.05) is 0 Å². The van der Waals surface area contributed by atoms with Crippen LogP contribution < -0.4 is 5.32 Å². The lowest BCUT2D eigenvalue weighted by atomic mass is 9.99. The Balaban J connectivity index is 1.58. The third-order valence-corrected chi connectivity index (χ3v) is 3.90. The Hall–Kier alpha value is -1.73. The fraction of sp³-hybridized carbons (Fsp3) is 0.533.